The van der Waals surface area contributed by atoms with Crippen molar-refractivity contribution in [3.8, 4) is 5.75 Å². The number of halogens is 3. The molecule has 1 aromatic rings. The van der Waals surface area contributed by atoms with E-state index in [-0.39, 0.29) is 17.4 Å². The maximum absolute atomic E-state index is 13.3. The van der Waals surface area contributed by atoms with Gasteiger partial charge in [0.05, 0.1) is 12.7 Å². The van der Waals surface area contributed by atoms with E-state index < -0.39 is 12.2 Å². The van der Waals surface area contributed by atoms with Crippen LogP contribution in [0.3, 0.4) is 0 Å². The Morgan fingerprint density at radius 2 is 2.18 bits per heavy atom. The smallest absolute Gasteiger partial charge is 0.267 e. The van der Waals surface area contributed by atoms with Crippen LogP contribution in [0, 0.1) is 5.82 Å². The maximum Gasteiger partial charge on any atom is 0.267 e. The highest BCUT2D eigenvalue weighted by Crippen LogP contribution is 2.38. The van der Waals surface area contributed by atoms with Crippen LogP contribution in [0.15, 0.2) is 12.1 Å². The lowest BCUT2D eigenvalue weighted by molar-refractivity contribution is 0.146. The molecule has 1 N–H and O–H groups in total. The van der Waals surface area contributed by atoms with Gasteiger partial charge in [-0.25, -0.2) is 13.2 Å². The van der Waals surface area contributed by atoms with Gasteiger partial charge in [0.1, 0.15) is 11.6 Å². The van der Waals surface area contributed by atoms with E-state index in [0.717, 1.165) is 25.5 Å². The summed E-state index contributed by atoms with van der Waals surface area (Å²) >= 11 is 0. The largest absolute Gasteiger partial charge is 0.496 e. The van der Waals surface area contributed by atoms with Crippen LogP contribution in [0.4, 0.5) is 13.2 Å². The van der Waals surface area contributed by atoms with Gasteiger partial charge in [-0.1, -0.05) is 0 Å². The van der Waals surface area contributed by atoms with Gasteiger partial charge in [-0.15, -0.1) is 0 Å². The summed E-state index contributed by atoms with van der Waals surface area (Å²) in [6.07, 6.45) is -0.975. The van der Waals surface area contributed by atoms with E-state index in [0.29, 0.717) is 5.56 Å². The zero-order chi connectivity index (χ0) is 12.4. The Morgan fingerprint density at radius 1 is 1.41 bits per heavy atom. The summed E-state index contributed by atoms with van der Waals surface area (Å²) < 4.78 is 43.9. The van der Waals surface area contributed by atoms with Crippen LogP contribution in [0.25, 0.3) is 0 Å². The van der Waals surface area contributed by atoms with Crippen LogP contribution in [-0.2, 0) is 0 Å². The van der Waals surface area contributed by atoms with E-state index in [4.69, 9.17) is 4.74 Å². The van der Waals surface area contributed by atoms with E-state index in [1.807, 2.05) is 0 Å². The number of hydrogen-bond donors (Lipinski definition) is 1. The zero-order valence-corrected chi connectivity index (χ0v) is 9.47. The molecule has 1 aromatic carbocycles. The van der Waals surface area contributed by atoms with Gasteiger partial charge in [-0.2, -0.15) is 0 Å². The van der Waals surface area contributed by atoms with Crippen LogP contribution >= 0.6 is 0 Å². The fourth-order valence-corrected chi connectivity index (χ4v) is 2.24. The van der Waals surface area contributed by atoms with E-state index in [2.05, 4.69) is 5.32 Å². The Kier molecular flexibility index (Phi) is 3.57. The minimum Gasteiger partial charge on any atom is -0.496 e. The molecule has 0 aromatic heterocycles. The minimum absolute atomic E-state index is 0.0980. The summed E-state index contributed by atoms with van der Waals surface area (Å²) in [5, 5.41) is 3.15. The highest BCUT2D eigenvalue weighted by atomic mass is 19.3. The topological polar surface area (TPSA) is 21.3 Å². The molecule has 1 unspecified atom stereocenters. The van der Waals surface area contributed by atoms with Crippen molar-refractivity contribution >= 4 is 0 Å². The summed E-state index contributed by atoms with van der Waals surface area (Å²) in [6.45, 7) is 0.814. The molecule has 0 amide bonds. The molecule has 0 aliphatic carbocycles. The summed E-state index contributed by atoms with van der Waals surface area (Å²) in [7, 11) is 1.33. The van der Waals surface area contributed by atoms with Crippen molar-refractivity contribution in [3.63, 3.8) is 0 Å². The van der Waals surface area contributed by atoms with Crippen molar-refractivity contribution in [2.75, 3.05) is 13.7 Å². The van der Waals surface area contributed by atoms with E-state index in [1.165, 1.54) is 13.2 Å². The van der Waals surface area contributed by atoms with E-state index >= 15 is 0 Å². The molecule has 2 nitrogen and oxygen atoms in total. The molecular formula is C12H14F3NO. The van der Waals surface area contributed by atoms with Gasteiger partial charge in [0, 0.05) is 11.6 Å². The highest BCUT2D eigenvalue weighted by Gasteiger charge is 2.25. The minimum atomic E-state index is -2.74. The first kappa shape index (κ1) is 12.2. The third-order valence-corrected chi connectivity index (χ3v) is 2.99. The van der Waals surface area contributed by atoms with Gasteiger partial charge < -0.3 is 10.1 Å². The van der Waals surface area contributed by atoms with Crippen molar-refractivity contribution in [1.29, 1.82) is 0 Å². The molecular weight excluding hydrogens is 231 g/mol. The molecule has 1 heterocycles. The van der Waals surface area contributed by atoms with Gasteiger partial charge in [0.15, 0.2) is 0 Å². The fraction of sp³-hybridized carbons (Fsp3) is 0.500. The molecule has 1 aliphatic rings. The lowest BCUT2D eigenvalue weighted by Gasteiger charge is -2.18. The van der Waals surface area contributed by atoms with Crippen LogP contribution in [0.5, 0.6) is 5.75 Å². The Balaban J connectivity index is 2.48. The Bertz CT molecular complexity index is 403. The number of methoxy groups -OCH3 is 1. The monoisotopic (exact) mass is 245 g/mol. The van der Waals surface area contributed by atoms with Crippen molar-refractivity contribution in [3.05, 3.63) is 29.1 Å². The lowest BCUT2D eigenvalue weighted by Crippen LogP contribution is -2.15. The van der Waals surface area contributed by atoms with Crippen molar-refractivity contribution in [1.82, 2.24) is 5.32 Å². The molecule has 0 spiro atoms. The summed E-state index contributed by atoms with van der Waals surface area (Å²) in [5.74, 6) is -0.550. The van der Waals surface area contributed by atoms with Crippen molar-refractivity contribution in [2.24, 2.45) is 0 Å². The number of rotatable bonds is 3. The predicted octanol–water partition coefficient (Wildman–Crippen LogP) is 3.20. The summed E-state index contributed by atoms with van der Waals surface area (Å²) in [6, 6.07) is 2.01. The van der Waals surface area contributed by atoms with Crippen LogP contribution in [-0.4, -0.2) is 13.7 Å². The molecule has 17 heavy (non-hydrogen) atoms. The van der Waals surface area contributed by atoms with E-state index in [9.17, 15) is 13.2 Å². The molecule has 0 radical (unpaired) electrons. The first-order valence-electron chi connectivity index (χ1n) is 5.52. The SMILES string of the molecule is COc1c(C(F)F)cc(F)cc1C1CCCN1. The molecule has 1 fully saturated rings. The zero-order valence-electron chi connectivity index (χ0n) is 9.47. The number of ether oxygens (including phenoxy) is 1. The standard InChI is InChI=1S/C12H14F3NO/c1-17-11-8(10-3-2-4-16-10)5-7(13)6-9(11)12(14)15/h5-6,10,12,16H,2-4H2,1H3. The summed E-state index contributed by atoms with van der Waals surface area (Å²) in [4.78, 5) is 0. The number of benzene rings is 1. The third kappa shape index (κ3) is 2.39. The molecule has 5 heteroatoms. The Hall–Kier alpha value is -1.23. The first-order chi connectivity index (χ1) is 8.13. The highest BCUT2D eigenvalue weighted by molar-refractivity contribution is 5.45. The molecule has 0 saturated carbocycles. The molecule has 0 bridgehead atoms. The van der Waals surface area contributed by atoms with E-state index in [1.54, 1.807) is 0 Å². The van der Waals surface area contributed by atoms with Crippen molar-refractivity contribution in [2.45, 2.75) is 25.3 Å². The van der Waals surface area contributed by atoms with Gasteiger partial charge >= 0.3 is 0 Å². The van der Waals surface area contributed by atoms with Crippen molar-refractivity contribution < 1.29 is 17.9 Å². The fourth-order valence-electron chi connectivity index (χ4n) is 2.24. The second-order valence-electron chi connectivity index (χ2n) is 4.07. The lowest BCUT2D eigenvalue weighted by atomic mass is 10.0. The average molecular weight is 245 g/mol. The van der Waals surface area contributed by atoms with Crippen LogP contribution < -0.4 is 10.1 Å². The Morgan fingerprint density at radius 3 is 2.71 bits per heavy atom. The van der Waals surface area contributed by atoms with Crippen LogP contribution in [0.1, 0.15) is 36.4 Å². The first-order valence-corrected chi connectivity index (χ1v) is 5.52. The normalized spacial score (nSPS) is 19.9. The molecule has 2 rings (SSSR count). The van der Waals surface area contributed by atoms with Gasteiger partial charge in [0.25, 0.3) is 6.43 Å². The number of nitrogens with one attached hydrogen (secondary N) is 1. The quantitative estimate of drug-likeness (QED) is 0.883. The van der Waals surface area contributed by atoms with Gasteiger partial charge in [-0.3, -0.25) is 0 Å². The number of alkyl halides is 2. The van der Waals surface area contributed by atoms with Gasteiger partial charge in [0.2, 0.25) is 0 Å². The van der Waals surface area contributed by atoms with Crippen LogP contribution in [0.2, 0.25) is 0 Å². The molecule has 1 saturated heterocycles. The molecule has 94 valence electrons. The second-order valence-corrected chi connectivity index (χ2v) is 4.07. The number of hydrogen-bond acceptors (Lipinski definition) is 2. The predicted molar refractivity (Wildman–Crippen MR) is 57.9 cm³/mol. The van der Waals surface area contributed by atoms with Gasteiger partial charge in [-0.05, 0) is 31.5 Å². The maximum atomic E-state index is 13.3. The molecule has 1 atom stereocenters. The molecule has 1 aliphatic heterocycles. The Labute approximate surface area is 97.8 Å². The third-order valence-electron chi connectivity index (χ3n) is 2.99. The summed E-state index contributed by atoms with van der Waals surface area (Å²) in [5.41, 5.74) is 0.108. The average Bonchev–Trinajstić information content (AvgIpc) is 2.81. The second kappa shape index (κ2) is 4.96.